The molecule has 0 fully saturated rings. The van der Waals surface area contributed by atoms with Gasteiger partial charge in [0.05, 0.1) is 0 Å². The average Bonchev–Trinajstić information content (AvgIpc) is 2.93. The molecule has 0 aliphatic rings. The summed E-state index contributed by atoms with van der Waals surface area (Å²) in [4.78, 5) is 30.1. The monoisotopic (exact) mass is 690 g/mol. The van der Waals surface area contributed by atoms with Crippen LogP contribution in [-0.2, 0) is 14.4 Å². The van der Waals surface area contributed by atoms with Gasteiger partial charge in [-0.1, -0.05) is 136 Å². The number of rotatable bonds is 26. The minimum absolute atomic E-state index is 0.230. The molecule has 0 heterocycles. The molecule has 0 unspecified atom stereocenters. The predicted molar refractivity (Wildman–Crippen MR) is 168 cm³/mol. The molecule has 0 bridgehead atoms. The number of carbonyl (C=O) groups is 3. The Morgan fingerprint density at radius 2 is 0.561 bits per heavy atom. The van der Waals surface area contributed by atoms with E-state index in [2.05, 4.69) is 27.7 Å². The molecular formula is C34H66O6Sn. The first-order chi connectivity index (χ1) is 19.7. The summed E-state index contributed by atoms with van der Waals surface area (Å²) in [5.41, 5.74) is 0. The van der Waals surface area contributed by atoms with Crippen molar-refractivity contribution in [3.05, 3.63) is 0 Å². The molecule has 242 valence electrons. The van der Waals surface area contributed by atoms with E-state index in [0.717, 1.165) is 38.5 Å². The third-order valence-corrected chi connectivity index (χ3v) is 7.49. The summed E-state index contributed by atoms with van der Waals surface area (Å²) in [5, 5.41) is 30.1. The molecule has 0 aromatic rings. The number of carboxylic acids is 3. The van der Waals surface area contributed by atoms with Crippen molar-refractivity contribution in [2.24, 2.45) is 0 Å². The standard InChI is InChI=1S/3C10H20O2.C4H9.Sn/c3*1-2-3-4-5-6-7-8-9-10(11)12;1-3-4-2;/h3*2-9H2,1H3,(H,11,12);1,3-4H2,2H3;/q;;;;+3/p-3. The van der Waals surface area contributed by atoms with E-state index >= 15 is 0 Å². The van der Waals surface area contributed by atoms with E-state index in [9.17, 15) is 29.7 Å². The molecule has 0 rings (SSSR count). The maximum absolute atomic E-state index is 10.0. The number of carbonyl (C=O) groups excluding carboxylic acids is 3. The fourth-order valence-electron chi connectivity index (χ4n) is 3.86. The fourth-order valence-corrected chi connectivity index (χ4v) is 4.87. The SMILES string of the molecule is CCCCCCCCCC(=O)[O-].CCCCCCCCCC(=O)[O-].CCCCCCCCCC(=O)[O-].CCC[CH2][Sn+3]. The summed E-state index contributed by atoms with van der Waals surface area (Å²) in [6.45, 7) is 8.80. The van der Waals surface area contributed by atoms with Gasteiger partial charge in [-0.05, 0) is 38.5 Å². The third-order valence-electron chi connectivity index (χ3n) is 6.48. The average molecular weight is 690 g/mol. The first-order valence-electron chi connectivity index (χ1n) is 17.0. The van der Waals surface area contributed by atoms with Gasteiger partial charge in [0.2, 0.25) is 0 Å². The number of carboxylic acid groups (broad SMARTS) is 3. The zero-order chi connectivity index (χ0) is 31.8. The van der Waals surface area contributed by atoms with Crippen molar-refractivity contribution < 1.29 is 29.7 Å². The summed E-state index contributed by atoms with van der Waals surface area (Å²) in [5.74, 6) is -2.74. The zero-order valence-corrected chi connectivity index (χ0v) is 30.4. The second-order valence-electron chi connectivity index (χ2n) is 10.8. The Morgan fingerprint density at radius 3 is 0.707 bits per heavy atom. The Morgan fingerprint density at radius 1 is 0.366 bits per heavy atom. The summed E-state index contributed by atoms with van der Waals surface area (Å²) < 4.78 is 1.43. The van der Waals surface area contributed by atoms with Gasteiger partial charge in [-0.3, -0.25) is 0 Å². The molecule has 0 amide bonds. The molecule has 0 radical (unpaired) electrons. The number of unbranched alkanes of at least 4 members (excludes halogenated alkanes) is 19. The summed E-state index contributed by atoms with van der Waals surface area (Å²) in [7, 11) is 0. The van der Waals surface area contributed by atoms with E-state index in [1.54, 1.807) is 22.5 Å². The van der Waals surface area contributed by atoms with Crippen LogP contribution in [0.4, 0.5) is 0 Å². The molecule has 0 atom stereocenters. The molecule has 0 aliphatic carbocycles. The first-order valence-corrected chi connectivity index (χ1v) is 19.0. The quantitative estimate of drug-likeness (QED) is 0.0713. The van der Waals surface area contributed by atoms with Crippen molar-refractivity contribution in [1.29, 1.82) is 0 Å². The normalized spacial score (nSPS) is 9.90. The van der Waals surface area contributed by atoms with Crippen LogP contribution in [0.3, 0.4) is 0 Å². The van der Waals surface area contributed by atoms with E-state index in [1.807, 2.05) is 0 Å². The van der Waals surface area contributed by atoms with Crippen molar-refractivity contribution in [2.75, 3.05) is 0 Å². The molecular weight excluding hydrogens is 623 g/mol. The second kappa shape index (κ2) is 46.2. The van der Waals surface area contributed by atoms with Gasteiger partial charge in [0.25, 0.3) is 0 Å². The van der Waals surface area contributed by atoms with Crippen LogP contribution in [0.15, 0.2) is 0 Å². The van der Waals surface area contributed by atoms with Crippen LogP contribution in [0.1, 0.15) is 195 Å². The molecule has 0 N–H and O–H groups in total. The molecule has 0 aromatic carbocycles. The van der Waals surface area contributed by atoms with E-state index in [0.29, 0.717) is 0 Å². The Hall–Kier alpha value is -0.791. The first kappa shape index (κ1) is 47.1. The molecule has 41 heavy (non-hydrogen) atoms. The second-order valence-corrected chi connectivity index (χ2v) is 12.3. The Bertz CT molecular complexity index is 445. The van der Waals surface area contributed by atoms with Crippen LogP contribution in [0.25, 0.3) is 0 Å². The molecule has 7 heteroatoms. The Balaban J connectivity index is -0.000000231. The van der Waals surface area contributed by atoms with Crippen molar-refractivity contribution in [2.45, 2.75) is 199 Å². The topological polar surface area (TPSA) is 120 Å². The van der Waals surface area contributed by atoms with E-state index in [-0.39, 0.29) is 19.3 Å². The van der Waals surface area contributed by atoms with Gasteiger partial charge in [0, 0.05) is 17.9 Å². The van der Waals surface area contributed by atoms with Gasteiger partial charge in [0.1, 0.15) is 0 Å². The van der Waals surface area contributed by atoms with Gasteiger partial charge in [-0.15, -0.1) is 0 Å². The van der Waals surface area contributed by atoms with Crippen LogP contribution in [0.2, 0.25) is 4.44 Å². The molecule has 0 aliphatic heterocycles. The van der Waals surface area contributed by atoms with Gasteiger partial charge in [0.15, 0.2) is 0 Å². The molecule has 0 saturated heterocycles. The predicted octanol–water partition coefficient (Wildman–Crippen LogP) is 7.00. The summed E-state index contributed by atoms with van der Waals surface area (Å²) in [6.07, 6.45) is 27.8. The minimum atomic E-state index is -0.913. The molecule has 6 nitrogen and oxygen atoms in total. The number of hydrogen-bond donors (Lipinski definition) is 0. The van der Waals surface area contributed by atoms with Gasteiger partial charge in [-0.25, -0.2) is 0 Å². The van der Waals surface area contributed by atoms with E-state index in [1.165, 1.54) is 114 Å². The third kappa shape index (κ3) is 68.2. The van der Waals surface area contributed by atoms with Crippen molar-refractivity contribution in [3.8, 4) is 0 Å². The Labute approximate surface area is 268 Å². The van der Waals surface area contributed by atoms with Crippen molar-refractivity contribution in [3.63, 3.8) is 0 Å². The van der Waals surface area contributed by atoms with Crippen molar-refractivity contribution in [1.82, 2.24) is 0 Å². The van der Waals surface area contributed by atoms with Gasteiger partial charge in [-0.2, -0.15) is 0 Å². The Kier molecular flexibility index (Phi) is 53.1. The summed E-state index contributed by atoms with van der Waals surface area (Å²) >= 11 is 1.68. The number of hydrogen-bond acceptors (Lipinski definition) is 6. The van der Waals surface area contributed by atoms with E-state index in [4.69, 9.17) is 0 Å². The zero-order valence-electron chi connectivity index (χ0n) is 27.5. The van der Waals surface area contributed by atoms with Crippen LogP contribution < -0.4 is 15.3 Å². The molecule has 0 spiro atoms. The van der Waals surface area contributed by atoms with Crippen LogP contribution in [0, 0.1) is 0 Å². The van der Waals surface area contributed by atoms with E-state index < -0.39 is 17.9 Å². The van der Waals surface area contributed by atoms with Gasteiger partial charge >= 0.3 is 46.7 Å². The number of aliphatic carboxylic acids is 3. The fraction of sp³-hybridized carbons (Fsp3) is 0.912. The van der Waals surface area contributed by atoms with Crippen LogP contribution in [0.5, 0.6) is 0 Å². The molecule has 0 saturated carbocycles. The maximum atomic E-state index is 10.0. The molecule has 0 aromatic heterocycles. The summed E-state index contributed by atoms with van der Waals surface area (Å²) in [6, 6.07) is 0. The van der Waals surface area contributed by atoms with Crippen LogP contribution >= 0.6 is 0 Å². The van der Waals surface area contributed by atoms with Gasteiger partial charge < -0.3 is 29.7 Å². The van der Waals surface area contributed by atoms with Crippen LogP contribution in [-0.4, -0.2) is 40.4 Å². The van der Waals surface area contributed by atoms with Crippen molar-refractivity contribution >= 4 is 40.4 Å².